The predicted molar refractivity (Wildman–Crippen MR) is 63.8 cm³/mol. The third-order valence-corrected chi connectivity index (χ3v) is 3.15. The van der Waals surface area contributed by atoms with Gasteiger partial charge in [0.05, 0.1) is 17.4 Å². The number of alkyl halides is 3. The molecule has 20 heavy (non-hydrogen) atoms. The van der Waals surface area contributed by atoms with Gasteiger partial charge in [-0.3, -0.25) is 0 Å². The minimum atomic E-state index is -4.60. The molecule has 0 radical (unpaired) electrons. The Kier molecular flexibility index (Phi) is 3.62. The molecule has 0 unspecified atom stereocenters. The number of carboxylic acids is 1. The standard InChI is InChI=1S/C11H6F4N2O2S/c12-6-2-1-5(11(13,14)15)3-7(6)17-10-16-4-8(20-10)9(18)19/h1-4H,(H,16,17)(H,18,19). The monoisotopic (exact) mass is 306 g/mol. The molecular formula is C11H6F4N2O2S. The Bertz CT molecular complexity index is 654. The quantitative estimate of drug-likeness (QED) is 0.848. The predicted octanol–water partition coefficient (Wildman–Crippen LogP) is 3.74. The number of nitrogens with zero attached hydrogens (tertiary/aromatic N) is 1. The Balaban J connectivity index is 2.30. The third kappa shape index (κ3) is 3.05. The number of aromatic nitrogens is 1. The molecule has 0 aliphatic carbocycles. The molecule has 0 saturated heterocycles. The minimum absolute atomic E-state index is 0.0133. The summed E-state index contributed by atoms with van der Waals surface area (Å²) in [7, 11) is 0. The molecule has 0 fully saturated rings. The van der Waals surface area contributed by atoms with E-state index in [1.165, 1.54) is 0 Å². The van der Waals surface area contributed by atoms with Crippen LogP contribution in [-0.4, -0.2) is 16.1 Å². The molecule has 2 aromatic rings. The highest BCUT2D eigenvalue weighted by molar-refractivity contribution is 7.17. The molecule has 0 atom stereocenters. The summed E-state index contributed by atoms with van der Waals surface area (Å²) in [5.74, 6) is -2.12. The highest BCUT2D eigenvalue weighted by atomic mass is 32.1. The van der Waals surface area contributed by atoms with Gasteiger partial charge in [0, 0.05) is 0 Å². The maximum absolute atomic E-state index is 13.4. The van der Waals surface area contributed by atoms with Crippen molar-refractivity contribution in [2.45, 2.75) is 6.18 Å². The van der Waals surface area contributed by atoms with Gasteiger partial charge >= 0.3 is 12.1 Å². The van der Waals surface area contributed by atoms with Crippen molar-refractivity contribution in [2.75, 3.05) is 5.32 Å². The Morgan fingerprint density at radius 3 is 2.60 bits per heavy atom. The van der Waals surface area contributed by atoms with Crippen molar-refractivity contribution in [1.29, 1.82) is 0 Å². The molecule has 0 aliphatic rings. The van der Waals surface area contributed by atoms with E-state index in [9.17, 15) is 22.4 Å². The molecule has 2 N–H and O–H groups in total. The zero-order valence-corrected chi connectivity index (χ0v) is 10.3. The van der Waals surface area contributed by atoms with Crippen molar-refractivity contribution in [1.82, 2.24) is 4.98 Å². The van der Waals surface area contributed by atoms with Gasteiger partial charge in [-0.1, -0.05) is 11.3 Å². The van der Waals surface area contributed by atoms with Crippen LogP contribution in [0.1, 0.15) is 15.2 Å². The summed E-state index contributed by atoms with van der Waals surface area (Å²) < 4.78 is 51.0. The fourth-order valence-electron chi connectivity index (χ4n) is 1.34. The lowest BCUT2D eigenvalue weighted by atomic mass is 10.2. The van der Waals surface area contributed by atoms with Crippen LogP contribution < -0.4 is 5.32 Å². The average Bonchev–Trinajstić information content (AvgIpc) is 2.79. The number of rotatable bonds is 3. The Hall–Kier alpha value is -2.16. The van der Waals surface area contributed by atoms with Crippen LogP contribution in [0.25, 0.3) is 0 Å². The van der Waals surface area contributed by atoms with E-state index >= 15 is 0 Å². The number of thiazole rings is 1. The molecule has 1 aromatic carbocycles. The first-order chi connectivity index (χ1) is 9.27. The summed E-state index contributed by atoms with van der Waals surface area (Å²) in [6, 6.07) is 1.89. The highest BCUT2D eigenvalue weighted by Crippen LogP contribution is 2.33. The van der Waals surface area contributed by atoms with E-state index < -0.39 is 29.2 Å². The lowest BCUT2D eigenvalue weighted by Gasteiger charge is -2.10. The van der Waals surface area contributed by atoms with Crippen molar-refractivity contribution in [3.8, 4) is 0 Å². The SMILES string of the molecule is O=C(O)c1cnc(Nc2cc(C(F)(F)F)ccc2F)s1. The minimum Gasteiger partial charge on any atom is -0.477 e. The van der Waals surface area contributed by atoms with Crippen LogP contribution in [0.15, 0.2) is 24.4 Å². The summed E-state index contributed by atoms with van der Waals surface area (Å²) in [6.07, 6.45) is -3.57. The maximum Gasteiger partial charge on any atom is 0.416 e. The number of nitrogens with one attached hydrogen (secondary N) is 1. The second-order valence-corrected chi connectivity index (χ2v) is 4.68. The van der Waals surface area contributed by atoms with E-state index in [0.29, 0.717) is 29.5 Å². The molecule has 0 spiro atoms. The van der Waals surface area contributed by atoms with Gasteiger partial charge in [-0.05, 0) is 18.2 Å². The molecule has 106 valence electrons. The smallest absolute Gasteiger partial charge is 0.416 e. The lowest BCUT2D eigenvalue weighted by molar-refractivity contribution is -0.137. The number of carbonyl (C=O) groups is 1. The summed E-state index contributed by atoms with van der Waals surface area (Å²) in [6.45, 7) is 0. The van der Waals surface area contributed by atoms with Crippen LogP contribution in [0.3, 0.4) is 0 Å². The van der Waals surface area contributed by atoms with E-state index in [0.717, 1.165) is 6.20 Å². The normalized spacial score (nSPS) is 11.4. The van der Waals surface area contributed by atoms with E-state index in [1.807, 2.05) is 0 Å². The molecule has 9 heteroatoms. The van der Waals surface area contributed by atoms with Crippen LogP contribution in [0, 0.1) is 5.82 Å². The molecule has 2 rings (SSSR count). The number of benzene rings is 1. The molecule has 1 heterocycles. The first-order valence-electron chi connectivity index (χ1n) is 5.10. The molecular weight excluding hydrogens is 300 g/mol. The second-order valence-electron chi connectivity index (χ2n) is 3.65. The van der Waals surface area contributed by atoms with Crippen LogP contribution in [0.2, 0.25) is 0 Å². The van der Waals surface area contributed by atoms with Gasteiger partial charge in [-0.15, -0.1) is 0 Å². The van der Waals surface area contributed by atoms with Gasteiger partial charge in [0.1, 0.15) is 10.7 Å². The van der Waals surface area contributed by atoms with Crippen LogP contribution in [-0.2, 0) is 6.18 Å². The fraction of sp³-hybridized carbons (Fsp3) is 0.0909. The first-order valence-corrected chi connectivity index (χ1v) is 5.92. The van der Waals surface area contributed by atoms with Crippen molar-refractivity contribution < 1.29 is 27.5 Å². The summed E-state index contributed by atoms with van der Waals surface area (Å²) in [5.41, 5.74) is -1.44. The zero-order valence-electron chi connectivity index (χ0n) is 9.53. The molecule has 0 aliphatic heterocycles. The first kappa shape index (κ1) is 14.3. The van der Waals surface area contributed by atoms with Gasteiger partial charge in [0.2, 0.25) is 0 Å². The van der Waals surface area contributed by atoms with Gasteiger partial charge in [0.25, 0.3) is 0 Å². The number of anilines is 2. The largest absolute Gasteiger partial charge is 0.477 e. The van der Waals surface area contributed by atoms with Crippen LogP contribution in [0.4, 0.5) is 28.4 Å². The zero-order chi connectivity index (χ0) is 14.9. The van der Waals surface area contributed by atoms with Crippen molar-refractivity contribution in [2.24, 2.45) is 0 Å². The second kappa shape index (κ2) is 5.08. The Morgan fingerprint density at radius 2 is 2.05 bits per heavy atom. The van der Waals surface area contributed by atoms with Crippen LogP contribution >= 0.6 is 11.3 Å². The Morgan fingerprint density at radius 1 is 1.35 bits per heavy atom. The maximum atomic E-state index is 13.4. The number of halogens is 4. The van der Waals surface area contributed by atoms with Gasteiger partial charge in [0.15, 0.2) is 5.13 Å². The van der Waals surface area contributed by atoms with E-state index in [2.05, 4.69) is 10.3 Å². The van der Waals surface area contributed by atoms with Gasteiger partial charge in [-0.25, -0.2) is 14.2 Å². The van der Waals surface area contributed by atoms with Crippen molar-refractivity contribution in [3.63, 3.8) is 0 Å². The summed E-state index contributed by atoms with van der Waals surface area (Å²) >= 11 is 0.688. The van der Waals surface area contributed by atoms with E-state index in [1.54, 1.807) is 0 Å². The molecule has 0 saturated carbocycles. The van der Waals surface area contributed by atoms with Gasteiger partial charge in [-0.2, -0.15) is 13.2 Å². The summed E-state index contributed by atoms with van der Waals surface area (Å²) in [5, 5.41) is 11.0. The number of hydrogen-bond donors (Lipinski definition) is 2. The molecule has 0 bridgehead atoms. The number of aromatic carboxylic acids is 1. The van der Waals surface area contributed by atoms with Crippen molar-refractivity contribution in [3.05, 3.63) is 40.7 Å². The molecule has 0 amide bonds. The van der Waals surface area contributed by atoms with Gasteiger partial charge < -0.3 is 10.4 Å². The van der Waals surface area contributed by atoms with E-state index in [4.69, 9.17) is 5.11 Å². The number of hydrogen-bond acceptors (Lipinski definition) is 4. The topological polar surface area (TPSA) is 62.2 Å². The Labute approximate surface area is 113 Å². The average molecular weight is 306 g/mol. The number of carboxylic acid groups (broad SMARTS) is 1. The summed E-state index contributed by atoms with van der Waals surface area (Å²) in [4.78, 5) is 14.2. The lowest BCUT2D eigenvalue weighted by Crippen LogP contribution is -2.06. The fourth-order valence-corrected chi connectivity index (χ4v) is 2.01. The van der Waals surface area contributed by atoms with Crippen molar-refractivity contribution >= 4 is 28.1 Å². The molecule has 1 aromatic heterocycles. The molecule has 4 nitrogen and oxygen atoms in total. The highest BCUT2D eigenvalue weighted by Gasteiger charge is 2.31. The van der Waals surface area contributed by atoms with E-state index in [-0.39, 0.29) is 10.0 Å². The van der Waals surface area contributed by atoms with Crippen LogP contribution in [0.5, 0.6) is 0 Å². The third-order valence-electron chi connectivity index (χ3n) is 2.25.